The zero-order valence-electron chi connectivity index (χ0n) is 15.5. The molecule has 0 bridgehead atoms. The lowest BCUT2D eigenvalue weighted by Crippen LogP contribution is -2.40. The molecule has 1 saturated heterocycles. The fourth-order valence-electron chi connectivity index (χ4n) is 3.00. The first-order valence-electron chi connectivity index (χ1n) is 8.66. The minimum atomic E-state index is 0. The Morgan fingerprint density at radius 1 is 1.29 bits per heavy atom. The molecule has 2 rings (SSSR count). The van der Waals surface area contributed by atoms with Gasteiger partial charge < -0.3 is 15.0 Å². The molecule has 0 unspecified atom stereocenters. The Morgan fingerprint density at radius 3 is 2.58 bits per heavy atom. The van der Waals surface area contributed by atoms with Crippen LogP contribution in [-0.4, -0.2) is 37.6 Å². The number of hydrogen-bond donors (Lipinski definition) is 1. The number of nitrogens with one attached hydrogen (secondary N) is 1. The summed E-state index contributed by atoms with van der Waals surface area (Å²) in [6, 6.07) is 8.47. The standard InChI is InChI=1S/C19H31N3O.HI/c1-5-12-23-14-17-9-7-6-8-16(17)13-21-18(20-4)22-11-10-19(2,3)15-22;/h6-9H,5,10-15H2,1-4H3,(H,20,21);1H. The largest absolute Gasteiger partial charge is 0.377 e. The van der Waals surface area contributed by atoms with Crippen molar-refractivity contribution in [3.63, 3.8) is 0 Å². The van der Waals surface area contributed by atoms with Gasteiger partial charge in [0, 0.05) is 33.3 Å². The van der Waals surface area contributed by atoms with Crippen molar-refractivity contribution in [2.45, 2.75) is 46.8 Å². The van der Waals surface area contributed by atoms with Gasteiger partial charge in [-0.15, -0.1) is 24.0 Å². The van der Waals surface area contributed by atoms with E-state index >= 15 is 0 Å². The molecule has 1 aliphatic rings. The highest BCUT2D eigenvalue weighted by molar-refractivity contribution is 14.0. The molecular weight excluding hydrogens is 413 g/mol. The van der Waals surface area contributed by atoms with Crippen molar-refractivity contribution < 1.29 is 4.74 Å². The maximum absolute atomic E-state index is 5.70. The molecule has 0 aliphatic carbocycles. The summed E-state index contributed by atoms with van der Waals surface area (Å²) < 4.78 is 5.70. The molecule has 1 N–H and O–H groups in total. The van der Waals surface area contributed by atoms with Gasteiger partial charge in [-0.2, -0.15) is 0 Å². The minimum Gasteiger partial charge on any atom is -0.377 e. The highest BCUT2D eigenvalue weighted by atomic mass is 127. The summed E-state index contributed by atoms with van der Waals surface area (Å²) in [4.78, 5) is 6.81. The Kier molecular flexibility index (Phi) is 9.05. The van der Waals surface area contributed by atoms with Crippen LogP contribution in [0.2, 0.25) is 0 Å². The lowest BCUT2D eigenvalue weighted by molar-refractivity contribution is 0.121. The smallest absolute Gasteiger partial charge is 0.193 e. The molecule has 0 amide bonds. The van der Waals surface area contributed by atoms with E-state index in [9.17, 15) is 0 Å². The Hall–Kier alpha value is -0.820. The molecule has 0 aromatic heterocycles. The topological polar surface area (TPSA) is 36.9 Å². The highest BCUT2D eigenvalue weighted by Crippen LogP contribution is 2.28. The second kappa shape index (κ2) is 10.2. The molecule has 0 spiro atoms. The average molecular weight is 445 g/mol. The summed E-state index contributed by atoms with van der Waals surface area (Å²) in [5.74, 6) is 1.000. The monoisotopic (exact) mass is 445 g/mol. The molecule has 0 saturated carbocycles. The zero-order valence-corrected chi connectivity index (χ0v) is 17.8. The Morgan fingerprint density at radius 2 is 2.00 bits per heavy atom. The van der Waals surface area contributed by atoms with Crippen LogP contribution in [0.3, 0.4) is 0 Å². The average Bonchev–Trinajstić information content (AvgIpc) is 2.89. The molecule has 4 nitrogen and oxygen atoms in total. The van der Waals surface area contributed by atoms with E-state index in [-0.39, 0.29) is 24.0 Å². The molecule has 136 valence electrons. The summed E-state index contributed by atoms with van der Waals surface area (Å²) in [5, 5.41) is 3.52. The molecular formula is C19H32IN3O. The number of guanidine groups is 1. The summed E-state index contributed by atoms with van der Waals surface area (Å²) in [7, 11) is 1.86. The van der Waals surface area contributed by atoms with E-state index in [4.69, 9.17) is 4.74 Å². The molecule has 1 aromatic carbocycles. The molecule has 5 heteroatoms. The van der Waals surface area contributed by atoms with Crippen LogP contribution in [0.25, 0.3) is 0 Å². The maximum atomic E-state index is 5.70. The second-order valence-electron chi connectivity index (χ2n) is 7.06. The number of aliphatic imine (C=N–C) groups is 1. The number of rotatable bonds is 6. The number of benzene rings is 1. The van der Waals surface area contributed by atoms with E-state index in [2.05, 4.69) is 60.2 Å². The first-order chi connectivity index (χ1) is 11.1. The molecule has 1 fully saturated rings. The summed E-state index contributed by atoms with van der Waals surface area (Å²) in [6.07, 6.45) is 2.27. The first-order valence-corrected chi connectivity index (χ1v) is 8.66. The lowest BCUT2D eigenvalue weighted by Gasteiger charge is -2.24. The van der Waals surface area contributed by atoms with Gasteiger partial charge in [-0.05, 0) is 29.4 Å². The van der Waals surface area contributed by atoms with Gasteiger partial charge in [-0.1, -0.05) is 45.0 Å². The van der Waals surface area contributed by atoms with Gasteiger partial charge in [0.2, 0.25) is 0 Å². The van der Waals surface area contributed by atoms with Crippen molar-refractivity contribution in [3.05, 3.63) is 35.4 Å². The number of ether oxygens (including phenoxy) is 1. The molecule has 1 aliphatic heterocycles. The molecule has 1 aromatic rings. The molecule has 0 radical (unpaired) electrons. The number of likely N-dealkylation sites (tertiary alicyclic amines) is 1. The summed E-state index contributed by atoms with van der Waals surface area (Å²) >= 11 is 0. The van der Waals surface area contributed by atoms with E-state index in [1.807, 2.05) is 7.05 Å². The summed E-state index contributed by atoms with van der Waals surface area (Å²) in [6.45, 7) is 11.2. The van der Waals surface area contributed by atoms with Crippen LogP contribution in [0, 0.1) is 5.41 Å². The van der Waals surface area contributed by atoms with Crippen LogP contribution in [-0.2, 0) is 17.9 Å². The maximum Gasteiger partial charge on any atom is 0.193 e. The third-order valence-corrected chi connectivity index (χ3v) is 4.35. The first kappa shape index (κ1) is 21.2. The highest BCUT2D eigenvalue weighted by Gasteiger charge is 2.30. The Labute approximate surface area is 164 Å². The van der Waals surface area contributed by atoms with Crippen LogP contribution in [0.5, 0.6) is 0 Å². The third kappa shape index (κ3) is 6.24. The van der Waals surface area contributed by atoms with E-state index in [1.165, 1.54) is 17.5 Å². The van der Waals surface area contributed by atoms with E-state index in [0.29, 0.717) is 12.0 Å². The fraction of sp³-hybridized carbons (Fsp3) is 0.632. The van der Waals surface area contributed by atoms with Gasteiger partial charge in [0.05, 0.1) is 6.61 Å². The number of hydrogen-bond acceptors (Lipinski definition) is 2. The number of halogens is 1. The molecule has 24 heavy (non-hydrogen) atoms. The van der Waals surface area contributed by atoms with Crippen molar-refractivity contribution >= 4 is 29.9 Å². The predicted octanol–water partition coefficient (Wildman–Crippen LogP) is 4.04. The van der Waals surface area contributed by atoms with Crippen molar-refractivity contribution in [1.29, 1.82) is 0 Å². The van der Waals surface area contributed by atoms with Crippen LogP contribution in [0.1, 0.15) is 44.7 Å². The van der Waals surface area contributed by atoms with Crippen LogP contribution in [0.15, 0.2) is 29.3 Å². The van der Waals surface area contributed by atoms with Crippen molar-refractivity contribution in [2.75, 3.05) is 26.7 Å². The van der Waals surface area contributed by atoms with Crippen LogP contribution >= 0.6 is 24.0 Å². The Bertz CT molecular complexity index is 531. The molecule has 1 heterocycles. The second-order valence-corrected chi connectivity index (χ2v) is 7.06. The van der Waals surface area contributed by atoms with Crippen LogP contribution < -0.4 is 5.32 Å². The van der Waals surface area contributed by atoms with Crippen molar-refractivity contribution in [1.82, 2.24) is 10.2 Å². The normalized spacial score (nSPS) is 16.8. The molecule has 0 atom stereocenters. The van der Waals surface area contributed by atoms with Crippen LogP contribution in [0.4, 0.5) is 0 Å². The van der Waals surface area contributed by atoms with Gasteiger partial charge in [-0.25, -0.2) is 0 Å². The van der Waals surface area contributed by atoms with E-state index in [0.717, 1.165) is 38.6 Å². The number of nitrogens with zero attached hydrogens (tertiary/aromatic N) is 2. The fourth-order valence-corrected chi connectivity index (χ4v) is 3.00. The summed E-state index contributed by atoms with van der Waals surface area (Å²) in [5.41, 5.74) is 2.91. The minimum absolute atomic E-state index is 0. The van der Waals surface area contributed by atoms with Gasteiger partial charge in [0.15, 0.2) is 5.96 Å². The van der Waals surface area contributed by atoms with Gasteiger partial charge in [0.25, 0.3) is 0 Å². The van der Waals surface area contributed by atoms with Gasteiger partial charge >= 0.3 is 0 Å². The van der Waals surface area contributed by atoms with Gasteiger partial charge in [0.1, 0.15) is 0 Å². The zero-order chi connectivity index (χ0) is 16.7. The van der Waals surface area contributed by atoms with Crippen molar-refractivity contribution in [2.24, 2.45) is 10.4 Å². The van der Waals surface area contributed by atoms with Gasteiger partial charge in [-0.3, -0.25) is 4.99 Å². The van der Waals surface area contributed by atoms with E-state index < -0.39 is 0 Å². The lowest BCUT2D eigenvalue weighted by atomic mass is 9.93. The third-order valence-electron chi connectivity index (χ3n) is 4.35. The SMILES string of the molecule is CCCOCc1ccccc1CNC(=NC)N1CCC(C)(C)C1.I. The van der Waals surface area contributed by atoms with Crippen molar-refractivity contribution in [3.8, 4) is 0 Å². The Balaban J connectivity index is 0.00000288. The van der Waals surface area contributed by atoms with E-state index in [1.54, 1.807) is 0 Å². The predicted molar refractivity (Wildman–Crippen MR) is 112 cm³/mol. The quantitative estimate of drug-likeness (QED) is 0.311.